The predicted molar refractivity (Wildman–Crippen MR) is 89.2 cm³/mol. The zero-order chi connectivity index (χ0) is 15.2. The largest absolute Gasteiger partial charge is 0.493 e. The molecule has 0 spiro atoms. The van der Waals surface area contributed by atoms with Crippen LogP contribution in [0.5, 0.6) is 11.5 Å². The van der Waals surface area contributed by atoms with E-state index in [0.29, 0.717) is 0 Å². The summed E-state index contributed by atoms with van der Waals surface area (Å²) in [6.07, 6.45) is 3.30. The number of ether oxygens (including phenoxy) is 2. The van der Waals surface area contributed by atoms with Crippen molar-refractivity contribution in [1.29, 1.82) is 0 Å². The van der Waals surface area contributed by atoms with Gasteiger partial charge in [-0.05, 0) is 48.3 Å². The Labute approximate surface area is 132 Å². The Bertz CT molecular complexity index is 505. The number of methoxy groups -OCH3 is 2. The van der Waals surface area contributed by atoms with Gasteiger partial charge < -0.3 is 19.7 Å². The lowest BCUT2D eigenvalue weighted by molar-refractivity contribution is 0.347. The number of thiocarbonyl (C=S) groups is 1. The third-order valence-corrected chi connectivity index (χ3v) is 4.21. The Morgan fingerprint density at radius 3 is 2.52 bits per heavy atom. The second-order valence-corrected chi connectivity index (χ2v) is 5.62. The van der Waals surface area contributed by atoms with Crippen LogP contribution in [0.2, 0.25) is 0 Å². The number of unbranched alkanes of at least 4 members (excludes halogenated alkanes) is 1. The average Bonchev–Trinajstić information content (AvgIpc) is 2.52. The SMILES string of the molecule is CCCCNC(=S)N1CCc2cc(OC)c(OC)cc2C1. The van der Waals surface area contributed by atoms with Crippen molar-refractivity contribution < 1.29 is 9.47 Å². The zero-order valence-electron chi connectivity index (χ0n) is 13.1. The molecule has 0 saturated carbocycles. The van der Waals surface area contributed by atoms with Gasteiger partial charge in [0.05, 0.1) is 14.2 Å². The number of benzene rings is 1. The molecule has 0 aromatic heterocycles. The Morgan fingerprint density at radius 1 is 1.24 bits per heavy atom. The van der Waals surface area contributed by atoms with Crippen LogP contribution in [0.4, 0.5) is 0 Å². The highest BCUT2D eigenvalue weighted by Crippen LogP contribution is 2.33. The van der Waals surface area contributed by atoms with E-state index in [9.17, 15) is 0 Å². The Morgan fingerprint density at radius 2 is 1.90 bits per heavy atom. The molecule has 0 fully saturated rings. The van der Waals surface area contributed by atoms with Gasteiger partial charge in [-0.25, -0.2) is 0 Å². The molecule has 0 atom stereocenters. The van der Waals surface area contributed by atoms with Gasteiger partial charge in [-0.3, -0.25) is 0 Å². The molecule has 0 unspecified atom stereocenters. The highest BCUT2D eigenvalue weighted by molar-refractivity contribution is 7.80. The van der Waals surface area contributed by atoms with Gasteiger partial charge in [-0.15, -0.1) is 0 Å². The van der Waals surface area contributed by atoms with E-state index in [2.05, 4.69) is 29.3 Å². The van der Waals surface area contributed by atoms with E-state index in [0.717, 1.165) is 49.1 Å². The second-order valence-electron chi connectivity index (χ2n) is 5.23. The molecule has 0 radical (unpaired) electrons. The number of nitrogens with zero attached hydrogens (tertiary/aromatic N) is 1. The first kappa shape index (κ1) is 15.9. The lowest BCUT2D eigenvalue weighted by Crippen LogP contribution is -2.42. The highest BCUT2D eigenvalue weighted by atomic mass is 32.1. The minimum absolute atomic E-state index is 0.781. The minimum atomic E-state index is 0.781. The quantitative estimate of drug-likeness (QED) is 0.668. The minimum Gasteiger partial charge on any atom is -0.493 e. The number of fused-ring (bicyclic) bond motifs is 1. The molecule has 0 aliphatic carbocycles. The summed E-state index contributed by atoms with van der Waals surface area (Å²) in [5.74, 6) is 1.58. The summed E-state index contributed by atoms with van der Waals surface area (Å²) in [6.45, 7) is 4.90. The van der Waals surface area contributed by atoms with Crippen LogP contribution in [-0.4, -0.2) is 37.3 Å². The van der Waals surface area contributed by atoms with Gasteiger partial charge in [-0.1, -0.05) is 13.3 Å². The molecule has 0 bridgehead atoms. The third kappa shape index (κ3) is 3.79. The first-order valence-corrected chi connectivity index (χ1v) is 7.87. The van der Waals surface area contributed by atoms with Gasteiger partial charge in [-0.2, -0.15) is 0 Å². The number of hydrogen-bond donors (Lipinski definition) is 1. The number of nitrogens with one attached hydrogen (secondary N) is 1. The number of hydrogen-bond acceptors (Lipinski definition) is 3. The fourth-order valence-corrected chi connectivity index (χ4v) is 2.80. The molecule has 1 aromatic carbocycles. The molecule has 1 aromatic rings. The summed E-state index contributed by atoms with van der Waals surface area (Å²) in [4.78, 5) is 2.22. The lowest BCUT2D eigenvalue weighted by Gasteiger charge is -2.31. The van der Waals surface area contributed by atoms with Crippen LogP contribution in [0.15, 0.2) is 12.1 Å². The van der Waals surface area contributed by atoms with Crippen LogP contribution in [0.25, 0.3) is 0 Å². The predicted octanol–water partition coefficient (Wildman–Crippen LogP) is 2.74. The van der Waals surface area contributed by atoms with Gasteiger partial charge in [0.25, 0.3) is 0 Å². The van der Waals surface area contributed by atoms with Crippen molar-refractivity contribution >= 4 is 17.3 Å². The third-order valence-electron chi connectivity index (χ3n) is 3.81. The van der Waals surface area contributed by atoms with Crippen LogP contribution in [0.3, 0.4) is 0 Å². The van der Waals surface area contributed by atoms with E-state index < -0.39 is 0 Å². The van der Waals surface area contributed by atoms with Crippen molar-refractivity contribution in [2.75, 3.05) is 27.3 Å². The normalized spacial score (nSPS) is 13.6. The Kier molecular flexibility index (Phi) is 5.67. The molecule has 0 amide bonds. The molecule has 1 N–H and O–H groups in total. The van der Waals surface area contributed by atoms with Crippen LogP contribution in [0, 0.1) is 0 Å². The smallest absolute Gasteiger partial charge is 0.169 e. The maximum Gasteiger partial charge on any atom is 0.169 e. The van der Waals surface area contributed by atoms with Gasteiger partial charge >= 0.3 is 0 Å². The van der Waals surface area contributed by atoms with Crippen molar-refractivity contribution in [1.82, 2.24) is 10.2 Å². The molecular weight excluding hydrogens is 284 g/mol. The van der Waals surface area contributed by atoms with Crippen molar-refractivity contribution in [3.63, 3.8) is 0 Å². The second kappa shape index (κ2) is 7.50. The van der Waals surface area contributed by atoms with Crippen molar-refractivity contribution in [3.8, 4) is 11.5 Å². The van der Waals surface area contributed by atoms with Crippen LogP contribution in [0.1, 0.15) is 30.9 Å². The molecule has 1 aliphatic heterocycles. The van der Waals surface area contributed by atoms with Crippen LogP contribution >= 0.6 is 12.2 Å². The maximum atomic E-state index is 5.49. The first-order valence-electron chi connectivity index (χ1n) is 7.46. The zero-order valence-corrected chi connectivity index (χ0v) is 13.9. The molecule has 116 valence electrons. The first-order chi connectivity index (χ1) is 10.2. The van der Waals surface area contributed by atoms with Crippen molar-refractivity contribution in [2.24, 2.45) is 0 Å². The summed E-state index contributed by atoms with van der Waals surface area (Å²) in [5.41, 5.74) is 2.58. The summed E-state index contributed by atoms with van der Waals surface area (Å²) < 4.78 is 10.8. The van der Waals surface area contributed by atoms with Gasteiger partial charge in [0.2, 0.25) is 0 Å². The van der Waals surface area contributed by atoms with Gasteiger partial charge in [0, 0.05) is 19.6 Å². The summed E-state index contributed by atoms with van der Waals surface area (Å²) in [5, 5.41) is 4.19. The molecule has 1 aliphatic rings. The molecule has 2 rings (SSSR count). The molecule has 1 heterocycles. The fourth-order valence-electron chi connectivity index (χ4n) is 2.54. The summed E-state index contributed by atoms with van der Waals surface area (Å²) in [7, 11) is 3.34. The molecule has 4 nitrogen and oxygen atoms in total. The van der Waals surface area contributed by atoms with E-state index in [4.69, 9.17) is 21.7 Å². The maximum absolute atomic E-state index is 5.49. The van der Waals surface area contributed by atoms with E-state index in [1.54, 1.807) is 14.2 Å². The fraction of sp³-hybridized carbons (Fsp3) is 0.562. The van der Waals surface area contributed by atoms with Crippen LogP contribution < -0.4 is 14.8 Å². The van der Waals surface area contributed by atoms with E-state index in [1.165, 1.54) is 17.5 Å². The molecule has 21 heavy (non-hydrogen) atoms. The standard InChI is InChI=1S/C16H24N2O2S/c1-4-5-7-17-16(21)18-8-6-12-9-14(19-2)15(20-3)10-13(12)11-18/h9-10H,4-8,11H2,1-3H3,(H,17,21). The van der Waals surface area contributed by atoms with Gasteiger partial charge in [0.1, 0.15) is 0 Å². The van der Waals surface area contributed by atoms with Crippen molar-refractivity contribution in [3.05, 3.63) is 23.3 Å². The lowest BCUT2D eigenvalue weighted by atomic mass is 9.99. The monoisotopic (exact) mass is 308 g/mol. The van der Waals surface area contributed by atoms with E-state index in [-0.39, 0.29) is 0 Å². The Balaban J connectivity index is 2.07. The topological polar surface area (TPSA) is 33.7 Å². The molecule has 5 heteroatoms. The van der Waals surface area contributed by atoms with E-state index in [1.807, 2.05) is 0 Å². The number of rotatable bonds is 5. The summed E-state index contributed by atoms with van der Waals surface area (Å²) in [6, 6.07) is 4.15. The Hall–Kier alpha value is -1.49. The van der Waals surface area contributed by atoms with Crippen LogP contribution in [-0.2, 0) is 13.0 Å². The molecule has 0 saturated heterocycles. The highest BCUT2D eigenvalue weighted by Gasteiger charge is 2.20. The average molecular weight is 308 g/mol. The van der Waals surface area contributed by atoms with Gasteiger partial charge in [0.15, 0.2) is 16.6 Å². The van der Waals surface area contributed by atoms with Crippen molar-refractivity contribution in [2.45, 2.75) is 32.7 Å². The van der Waals surface area contributed by atoms with E-state index >= 15 is 0 Å². The molecular formula is C16H24N2O2S. The summed E-state index contributed by atoms with van der Waals surface area (Å²) >= 11 is 5.49.